The SMILES string of the molecule is C#Cc1ccc(N2C(=O)CC(C)C2=O)cc1. The molecule has 1 unspecified atom stereocenters. The second-order valence-corrected chi connectivity index (χ2v) is 3.86. The first kappa shape index (κ1) is 10.4. The lowest BCUT2D eigenvalue weighted by atomic mass is 10.1. The molecule has 0 saturated carbocycles. The van der Waals surface area contributed by atoms with Gasteiger partial charge >= 0.3 is 0 Å². The molecule has 16 heavy (non-hydrogen) atoms. The summed E-state index contributed by atoms with van der Waals surface area (Å²) in [6.45, 7) is 1.76. The van der Waals surface area contributed by atoms with Crippen molar-refractivity contribution >= 4 is 17.5 Å². The fraction of sp³-hybridized carbons (Fsp3) is 0.231. The Kier molecular flexibility index (Phi) is 2.49. The van der Waals surface area contributed by atoms with E-state index in [1.807, 2.05) is 0 Å². The number of hydrogen-bond donors (Lipinski definition) is 0. The number of terminal acetylenes is 1. The third-order valence-corrected chi connectivity index (χ3v) is 2.66. The van der Waals surface area contributed by atoms with Crippen molar-refractivity contribution in [1.29, 1.82) is 0 Å². The molecule has 0 radical (unpaired) electrons. The average molecular weight is 213 g/mol. The van der Waals surface area contributed by atoms with Crippen molar-refractivity contribution in [2.75, 3.05) is 4.90 Å². The smallest absolute Gasteiger partial charge is 0.237 e. The molecule has 1 fully saturated rings. The van der Waals surface area contributed by atoms with Gasteiger partial charge in [0, 0.05) is 17.9 Å². The predicted octanol–water partition coefficient (Wildman–Crippen LogP) is 1.57. The van der Waals surface area contributed by atoms with Gasteiger partial charge in [-0.3, -0.25) is 14.5 Å². The molecule has 1 saturated heterocycles. The first-order valence-electron chi connectivity index (χ1n) is 5.07. The molecule has 1 aromatic carbocycles. The molecule has 1 aromatic rings. The first-order chi connectivity index (χ1) is 7.63. The number of imide groups is 1. The highest BCUT2D eigenvalue weighted by Gasteiger charge is 2.36. The topological polar surface area (TPSA) is 37.4 Å². The standard InChI is InChI=1S/C13H11NO2/c1-3-10-4-6-11(7-5-10)14-12(15)8-9(2)13(14)16/h1,4-7,9H,8H2,2H3. The van der Waals surface area contributed by atoms with Crippen LogP contribution < -0.4 is 4.90 Å². The van der Waals surface area contributed by atoms with E-state index < -0.39 is 0 Å². The zero-order valence-electron chi connectivity index (χ0n) is 8.93. The predicted molar refractivity (Wildman–Crippen MR) is 60.7 cm³/mol. The Bertz CT molecular complexity index is 482. The maximum absolute atomic E-state index is 11.7. The molecule has 1 aliphatic heterocycles. The van der Waals surface area contributed by atoms with Crippen molar-refractivity contribution in [3.63, 3.8) is 0 Å². The van der Waals surface area contributed by atoms with Crippen LogP contribution in [0.1, 0.15) is 18.9 Å². The molecule has 0 N–H and O–H groups in total. The summed E-state index contributed by atoms with van der Waals surface area (Å²) in [5.74, 6) is 1.98. The van der Waals surface area contributed by atoms with Gasteiger partial charge in [-0.25, -0.2) is 0 Å². The van der Waals surface area contributed by atoms with Crippen molar-refractivity contribution in [3.8, 4) is 12.3 Å². The molecule has 0 bridgehead atoms. The maximum atomic E-state index is 11.7. The van der Waals surface area contributed by atoms with E-state index in [1.165, 1.54) is 4.90 Å². The van der Waals surface area contributed by atoms with Crippen molar-refractivity contribution in [2.24, 2.45) is 5.92 Å². The lowest BCUT2D eigenvalue weighted by Crippen LogP contribution is -2.29. The fourth-order valence-electron chi connectivity index (χ4n) is 1.76. The van der Waals surface area contributed by atoms with Crippen LogP contribution in [0.4, 0.5) is 5.69 Å². The highest BCUT2D eigenvalue weighted by Crippen LogP contribution is 2.26. The Hall–Kier alpha value is -2.08. The summed E-state index contributed by atoms with van der Waals surface area (Å²) in [6.07, 6.45) is 5.52. The van der Waals surface area contributed by atoms with Gasteiger partial charge in [-0.2, -0.15) is 0 Å². The van der Waals surface area contributed by atoms with E-state index in [0.29, 0.717) is 5.69 Å². The molecule has 3 heteroatoms. The number of benzene rings is 1. The minimum Gasteiger partial charge on any atom is -0.274 e. The quantitative estimate of drug-likeness (QED) is 0.524. The normalized spacial score (nSPS) is 20.0. The molecular formula is C13H11NO2. The minimum absolute atomic E-state index is 0.140. The molecule has 1 heterocycles. The molecule has 2 amide bonds. The highest BCUT2D eigenvalue weighted by molar-refractivity contribution is 6.20. The molecule has 1 aliphatic rings. The van der Waals surface area contributed by atoms with Crippen LogP contribution in [0, 0.1) is 18.3 Å². The van der Waals surface area contributed by atoms with Crippen LogP contribution in [0.2, 0.25) is 0 Å². The molecule has 2 rings (SSSR count). The summed E-state index contributed by atoms with van der Waals surface area (Å²) < 4.78 is 0. The van der Waals surface area contributed by atoms with E-state index in [0.717, 1.165) is 5.56 Å². The number of anilines is 1. The van der Waals surface area contributed by atoms with E-state index in [1.54, 1.807) is 31.2 Å². The maximum Gasteiger partial charge on any atom is 0.237 e. The lowest BCUT2D eigenvalue weighted by Gasteiger charge is -2.14. The van der Waals surface area contributed by atoms with Crippen molar-refractivity contribution in [1.82, 2.24) is 0 Å². The summed E-state index contributed by atoms with van der Waals surface area (Å²) in [5, 5.41) is 0. The van der Waals surface area contributed by atoms with Crippen LogP contribution in [0.15, 0.2) is 24.3 Å². The summed E-state index contributed by atoms with van der Waals surface area (Å²) in [4.78, 5) is 24.6. The van der Waals surface area contributed by atoms with Crippen LogP contribution >= 0.6 is 0 Å². The van der Waals surface area contributed by atoms with Crippen LogP contribution in [-0.2, 0) is 9.59 Å². The summed E-state index contributed by atoms with van der Waals surface area (Å²) >= 11 is 0. The van der Waals surface area contributed by atoms with Gasteiger partial charge in [-0.05, 0) is 24.3 Å². The third-order valence-electron chi connectivity index (χ3n) is 2.66. The average Bonchev–Trinajstić information content (AvgIpc) is 2.54. The van der Waals surface area contributed by atoms with Crippen LogP contribution in [0.5, 0.6) is 0 Å². The van der Waals surface area contributed by atoms with Crippen LogP contribution in [-0.4, -0.2) is 11.8 Å². The van der Waals surface area contributed by atoms with Gasteiger partial charge in [-0.15, -0.1) is 6.42 Å². The Morgan fingerprint density at radius 1 is 1.31 bits per heavy atom. The van der Waals surface area contributed by atoms with E-state index >= 15 is 0 Å². The minimum atomic E-state index is -0.222. The molecule has 1 atom stereocenters. The van der Waals surface area contributed by atoms with Gasteiger partial charge in [0.1, 0.15) is 0 Å². The fourth-order valence-corrected chi connectivity index (χ4v) is 1.76. The monoisotopic (exact) mass is 213 g/mol. The zero-order valence-corrected chi connectivity index (χ0v) is 8.93. The molecule has 0 aliphatic carbocycles. The first-order valence-corrected chi connectivity index (χ1v) is 5.07. The second-order valence-electron chi connectivity index (χ2n) is 3.86. The van der Waals surface area contributed by atoms with Gasteiger partial charge in [0.25, 0.3) is 0 Å². The van der Waals surface area contributed by atoms with Crippen LogP contribution in [0.3, 0.4) is 0 Å². The van der Waals surface area contributed by atoms with Crippen molar-refractivity contribution < 1.29 is 9.59 Å². The van der Waals surface area contributed by atoms with Crippen LogP contribution in [0.25, 0.3) is 0 Å². The molecule has 0 aromatic heterocycles. The second kappa shape index (κ2) is 3.82. The van der Waals surface area contributed by atoms with E-state index in [-0.39, 0.29) is 24.2 Å². The van der Waals surface area contributed by atoms with Gasteiger partial charge < -0.3 is 0 Å². The van der Waals surface area contributed by atoms with E-state index in [4.69, 9.17) is 6.42 Å². The molecular weight excluding hydrogens is 202 g/mol. The van der Waals surface area contributed by atoms with E-state index in [2.05, 4.69) is 5.92 Å². The molecule has 0 spiro atoms. The Labute approximate surface area is 94.1 Å². The van der Waals surface area contributed by atoms with Gasteiger partial charge in [0.2, 0.25) is 11.8 Å². The van der Waals surface area contributed by atoms with Crippen molar-refractivity contribution in [3.05, 3.63) is 29.8 Å². The Morgan fingerprint density at radius 3 is 2.38 bits per heavy atom. The number of carbonyl (C=O) groups excluding carboxylic acids is 2. The van der Waals surface area contributed by atoms with Crippen molar-refractivity contribution in [2.45, 2.75) is 13.3 Å². The van der Waals surface area contributed by atoms with Gasteiger partial charge in [0.05, 0.1) is 5.69 Å². The number of nitrogens with zero attached hydrogens (tertiary/aromatic N) is 1. The Balaban J connectivity index is 2.34. The number of rotatable bonds is 1. The highest BCUT2D eigenvalue weighted by atomic mass is 16.2. The molecule has 80 valence electrons. The Morgan fingerprint density at radius 2 is 1.94 bits per heavy atom. The van der Waals surface area contributed by atoms with Gasteiger partial charge in [-0.1, -0.05) is 12.8 Å². The van der Waals surface area contributed by atoms with Gasteiger partial charge in [0.15, 0.2) is 0 Å². The zero-order chi connectivity index (χ0) is 11.7. The summed E-state index contributed by atoms with van der Waals surface area (Å²) in [6, 6.07) is 6.84. The number of hydrogen-bond acceptors (Lipinski definition) is 2. The summed E-state index contributed by atoms with van der Waals surface area (Å²) in [7, 11) is 0. The third kappa shape index (κ3) is 1.59. The number of amides is 2. The molecule has 3 nitrogen and oxygen atoms in total. The number of carbonyl (C=O) groups is 2. The lowest BCUT2D eigenvalue weighted by molar-refractivity contribution is -0.122. The summed E-state index contributed by atoms with van der Waals surface area (Å²) in [5.41, 5.74) is 1.33. The largest absolute Gasteiger partial charge is 0.274 e. The van der Waals surface area contributed by atoms with E-state index in [9.17, 15) is 9.59 Å².